The maximum atomic E-state index is 12.5. The van der Waals surface area contributed by atoms with E-state index in [4.69, 9.17) is 16.3 Å². The molecule has 0 aromatic heterocycles. The van der Waals surface area contributed by atoms with Crippen LogP contribution in [0.2, 0.25) is 5.02 Å². The van der Waals surface area contributed by atoms with Crippen LogP contribution in [0, 0.1) is 0 Å². The van der Waals surface area contributed by atoms with Crippen LogP contribution in [-0.2, 0) is 14.6 Å². The standard InChI is InChI=1S/C20H23ClN2O4S/c1-27-17-6-4-5-16(15-17)22-10-12-23(13-11-22)20(24)9-14-28(25,26)19-8-3-2-7-18(19)21/h2-8,15H,9-14H2,1H3. The van der Waals surface area contributed by atoms with E-state index in [0.717, 1.165) is 11.4 Å². The van der Waals surface area contributed by atoms with Crippen LogP contribution in [0.1, 0.15) is 6.42 Å². The number of anilines is 1. The average Bonchev–Trinajstić information content (AvgIpc) is 2.72. The van der Waals surface area contributed by atoms with Gasteiger partial charge in [0.2, 0.25) is 5.91 Å². The van der Waals surface area contributed by atoms with Crippen molar-refractivity contribution in [3.63, 3.8) is 0 Å². The Morgan fingerprint density at radius 2 is 1.79 bits per heavy atom. The van der Waals surface area contributed by atoms with Crippen LogP contribution in [0.3, 0.4) is 0 Å². The van der Waals surface area contributed by atoms with Gasteiger partial charge in [-0.1, -0.05) is 29.8 Å². The molecular weight excluding hydrogens is 400 g/mol. The number of piperazine rings is 1. The van der Waals surface area contributed by atoms with Crippen molar-refractivity contribution in [3.8, 4) is 5.75 Å². The van der Waals surface area contributed by atoms with Gasteiger partial charge in [0.25, 0.3) is 0 Å². The maximum Gasteiger partial charge on any atom is 0.223 e. The van der Waals surface area contributed by atoms with Gasteiger partial charge < -0.3 is 14.5 Å². The molecule has 0 bridgehead atoms. The Labute approximate surface area is 170 Å². The second kappa shape index (κ2) is 8.84. The molecule has 0 N–H and O–H groups in total. The number of ether oxygens (including phenoxy) is 1. The van der Waals surface area contributed by atoms with Crippen LogP contribution < -0.4 is 9.64 Å². The molecule has 1 saturated heterocycles. The highest BCUT2D eigenvalue weighted by Gasteiger charge is 2.24. The first-order chi connectivity index (χ1) is 13.4. The summed E-state index contributed by atoms with van der Waals surface area (Å²) in [5.41, 5.74) is 1.05. The summed E-state index contributed by atoms with van der Waals surface area (Å²) in [6.45, 7) is 2.50. The number of carbonyl (C=O) groups is 1. The molecule has 28 heavy (non-hydrogen) atoms. The first-order valence-electron chi connectivity index (χ1n) is 9.05. The average molecular weight is 423 g/mol. The summed E-state index contributed by atoms with van der Waals surface area (Å²) in [5.74, 6) is 0.396. The van der Waals surface area contributed by atoms with Crippen LogP contribution in [0.15, 0.2) is 53.4 Å². The minimum atomic E-state index is -3.59. The van der Waals surface area contributed by atoms with Crippen molar-refractivity contribution in [2.24, 2.45) is 0 Å². The van der Waals surface area contributed by atoms with E-state index in [1.165, 1.54) is 12.1 Å². The minimum absolute atomic E-state index is 0.0489. The molecule has 8 heteroatoms. The van der Waals surface area contributed by atoms with E-state index in [0.29, 0.717) is 26.2 Å². The second-order valence-corrected chi connectivity index (χ2v) is 9.05. The van der Waals surface area contributed by atoms with Gasteiger partial charge in [0.05, 0.1) is 22.8 Å². The monoisotopic (exact) mass is 422 g/mol. The second-order valence-electron chi connectivity index (χ2n) is 6.57. The number of benzene rings is 2. The molecule has 0 spiro atoms. The Bertz CT molecular complexity index is 941. The highest BCUT2D eigenvalue weighted by Crippen LogP contribution is 2.24. The fourth-order valence-electron chi connectivity index (χ4n) is 3.21. The van der Waals surface area contributed by atoms with E-state index in [9.17, 15) is 13.2 Å². The quantitative estimate of drug-likeness (QED) is 0.716. The van der Waals surface area contributed by atoms with Crippen LogP contribution in [0.4, 0.5) is 5.69 Å². The Balaban J connectivity index is 1.55. The number of sulfone groups is 1. The molecule has 1 aliphatic heterocycles. The number of methoxy groups -OCH3 is 1. The molecule has 3 rings (SSSR count). The molecule has 1 fully saturated rings. The predicted octanol–water partition coefficient (Wildman–Crippen LogP) is 2.86. The van der Waals surface area contributed by atoms with E-state index < -0.39 is 9.84 Å². The molecule has 0 aliphatic carbocycles. The molecule has 6 nitrogen and oxygen atoms in total. The summed E-state index contributed by atoms with van der Waals surface area (Å²) in [7, 11) is -1.96. The fraction of sp³-hybridized carbons (Fsp3) is 0.350. The molecule has 1 amide bonds. The van der Waals surface area contributed by atoms with E-state index in [1.807, 2.05) is 24.3 Å². The molecular formula is C20H23ClN2O4S. The number of hydrogen-bond donors (Lipinski definition) is 0. The number of hydrogen-bond acceptors (Lipinski definition) is 5. The van der Waals surface area contributed by atoms with Gasteiger partial charge in [-0.2, -0.15) is 0 Å². The molecule has 2 aromatic rings. The molecule has 0 radical (unpaired) electrons. The smallest absolute Gasteiger partial charge is 0.223 e. The third kappa shape index (κ3) is 4.77. The molecule has 1 heterocycles. The van der Waals surface area contributed by atoms with Crippen molar-refractivity contribution < 1.29 is 17.9 Å². The molecule has 0 saturated carbocycles. The van der Waals surface area contributed by atoms with Crippen molar-refractivity contribution >= 4 is 33.0 Å². The lowest BCUT2D eigenvalue weighted by Gasteiger charge is -2.36. The Hall–Kier alpha value is -2.25. The largest absolute Gasteiger partial charge is 0.497 e. The topological polar surface area (TPSA) is 66.9 Å². The normalized spacial score (nSPS) is 14.8. The number of nitrogens with zero attached hydrogens (tertiary/aromatic N) is 2. The van der Waals surface area contributed by atoms with Crippen LogP contribution in [-0.4, -0.2) is 58.3 Å². The molecule has 150 valence electrons. The van der Waals surface area contributed by atoms with Gasteiger partial charge in [-0.15, -0.1) is 0 Å². The van der Waals surface area contributed by atoms with Gasteiger partial charge in [0, 0.05) is 44.4 Å². The summed E-state index contributed by atoms with van der Waals surface area (Å²) < 4.78 is 30.2. The summed E-state index contributed by atoms with van der Waals surface area (Å²) in [5, 5.41) is 0.182. The highest BCUT2D eigenvalue weighted by molar-refractivity contribution is 7.91. The number of rotatable bonds is 6. The molecule has 1 aliphatic rings. The lowest BCUT2D eigenvalue weighted by molar-refractivity contribution is -0.131. The summed E-state index contributed by atoms with van der Waals surface area (Å²) >= 11 is 5.98. The predicted molar refractivity (Wildman–Crippen MR) is 110 cm³/mol. The molecule has 0 atom stereocenters. The SMILES string of the molecule is COc1cccc(N2CCN(C(=O)CCS(=O)(=O)c3ccccc3Cl)CC2)c1. The van der Waals surface area contributed by atoms with Crippen molar-refractivity contribution in [2.45, 2.75) is 11.3 Å². The maximum absolute atomic E-state index is 12.5. The van der Waals surface area contributed by atoms with Gasteiger partial charge in [-0.25, -0.2) is 8.42 Å². The first kappa shape index (κ1) is 20.5. The van der Waals surface area contributed by atoms with Crippen LogP contribution >= 0.6 is 11.6 Å². The zero-order chi connectivity index (χ0) is 20.1. The highest BCUT2D eigenvalue weighted by atomic mass is 35.5. The van der Waals surface area contributed by atoms with Gasteiger partial charge in [-0.05, 0) is 24.3 Å². The van der Waals surface area contributed by atoms with Crippen molar-refractivity contribution in [1.82, 2.24) is 4.90 Å². The van der Waals surface area contributed by atoms with Crippen LogP contribution in [0.5, 0.6) is 5.75 Å². The van der Waals surface area contributed by atoms with E-state index >= 15 is 0 Å². The van der Waals surface area contributed by atoms with Gasteiger partial charge in [-0.3, -0.25) is 4.79 Å². The lowest BCUT2D eigenvalue weighted by atomic mass is 10.2. The zero-order valence-electron chi connectivity index (χ0n) is 15.7. The third-order valence-electron chi connectivity index (χ3n) is 4.81. The van der Waals surface area contributed by atoms with Crippen molar-refractivity contribution in [3.05, 3.63) is 53.6 Å². The summed E-state index contributed by atoms with van der Waals surface area (Å²) in [4.78, 5) is 16.5. The zero-order valence-corrected chi connectivity index (χ0v) is 17.2. The van der Waals surface area contributed by atoms with Gasteiger partial charge in [0.15, 0.2) is 9.84 Å². The Kier molecular flexibility index (Phi) is 6.46. The van der Waals surface area contributed by atoms with E-state index in [-0.39, 0.29) is 28.0 Å². The molecule has 0 unspecified atom stereocenters. The first-order valence-corrected chi connectivity index (χ1v) is 11.1. The number of carbonyl (C=O) groups excluding carboxylic acids is 1. The van der Waals surface area contributed by atoms with E-state index in [2.05, 4.69) is 4.90 Å². The van der Waals surface area contributed by atoms with Crippen molar-refractivity contribution in [1.29, 1.82) is 0 Å². The third-order valence-corrected chi connectivity index (χ3v) is 7.02. The Morgan fingerprint density at radius 1 is 1.07 bits per heavy atom. The summed E-state index contributed by atoms with van der Waals surface area (Å²) in [6.07, 6.45) is -0.0489. The Morgan fingerprint density at radius 3 is 2.46 bits per heavy atom. The number of halogens is 1. The summed E-state index contributed by atoms with van der Waals surface area (Å²) in [6, 6.07) is 14.1. The van der Waals surface area contributed by atoms with E-state index in [1.54, 1.807) is 24.1 Å². The molecule has 2 aromatic carbocycles. The van der Waals surface area contributed by atoms with Gasteiger partial charge in [0.1, 0.15) is 5.75 Å². The van der Waals surface area contributed by atoms with Crippen LogP contribution in [0.25, 0.3) is 0 Å². The minimum Gasteiger partial charge on any atom is -0.497 e. The lowest BCUT2D eigenvalue weighted by Crippen LogP contribution is -2.49. The fourth-order valence-corrected chi connectivity index (χ4v) is 5.01. The van der Waals surface area contributed by atoms with Gasteiger partial charge >= 0.3 is 0 Å². The van der Waals surface area contributed by atoms with Crippen molar-refractivity contribution in [2.75, 3.05) is 43.9 Å². The number of amides is 1.